The lowest BCUT2D eigenvalue weighted by Gasteiger charge is -2.16. The van der Waals surface area contributed by atoms with Gasteiger partial charge in [-0.1, -0.05) is 0 Å². The van der Waals surface area contributed by atoms with Crippen LogP contribution in [0, 0.1) is 0 Å². The molecule has 1 saturated carbocycles. The van der Waals surface area contributed by atoms with Gasteiger partial charge in [-0.2, -0.15) is 0 Å². The summed E-state index contributed by atoms with van der Waals surface area (Å²) in [7, 11) is 0. The zero-order chi connectivity index (χ0) is 11.8. The highest BCUT2D eigenvalue weighted by molar-refractivity contribution is 8.00. The molecule has 1 aromatic carbocycles. The van der Waals surface area contributed by atoms with Crippen LogP contribution in [0.2, 0.25) is 0 Å². The molecule has 1 fully saturated rings. The number of benzene rings is 1. The SMILES string of the molecule is O=C1CSc2ccc(C(=O)NC3CC3)cc2N1. The summed E-state index contributed by atoms with van der Waals surface area (Å²) in [4.78, 5) is 24.1. The minimum Gasteiger partial charge on any atom is -0.349 e. The number of hydrogen-bond donors (Lipinski definition) is 2. The maximum atomic E-state index is 11.8. The Bertz CT molecular complexity index is 497. The Labute approximate surface area is 103 Å². The van der Waals surface area contributed by atoms with Crippen LogP contribution in [0.1, 0.15) is 23.2 Å². The minimum absolute atomic E-state index is 0.0118. The van der Waals surface area contributed by atoms with Gasteiger partial charge in [-0.05, 0) is 31.0 Å². The van der Waals surface area contributed by atoms with E-state index in [4.69, 9.17) is 0 Å². The first-order valence-electron chi connectivity index (χ1n) is 5.60. The second kappa shape index (κ2) is 4.07. The Balaban J connectivity index is 1.83. The van der Waals surface area contributed by atoms with Crippen molar-refractivity contribution in [2.45, 2.75) is 23.8 Å². The number of carbonyl (C=O) groups excluding carboxylic acids is 2. The van der Waals surface area contributed by atoms with E-state index in [9.17, 15) is 9.59 Å². The number of carbonyl (C=O) groups is 2. The molecule has 1 aliphatic carbocycles. The van der Waals surface area contributed by atoms with Gasteiger partial charge in [0.05, 0.1) is 11.4 Å². The lowest BCUT2D eigenvalue weighted by atomic mass is 10.2. The van der Waals surface area contributed by atoms with Crippen LogP contribution in [0.25, 0.3) is 0 Å². The molecule has 1 aromatic rings. The van der Waals surface area contributed by atoms with Gasteiger partial charge in [0.1, 0.15) is 0 Å². The monoisotopic (exact) mass is 248 g/mol. The van der Waals surface area contributed by atoms with Crippen molar-refractivity contribution in [1.82, 2.24) is 5.32 Å². The summed E-state index contributed by atoms with van der Waals surface area (Å²) in [6, 6.07) is 5.79. The molecule has 0 spiro atoms. The van der Waals surface area contributed by atoms with Crippen LogP contribution < -0.4 is 10.6 Å². The molecule has 88 valence electrons. The van der Waals surface area contributed by atoms with Gasteiger partial charge in [-0.3, -0.25) is 9.59 Å². The van der Waals surface area contributed by atoms with Crippen molar-refractivity contribution in [2.75, 3.05) is 11.1 Å². The average molecular weight is 248 g/mol. The van der Waals surface area contributed by atoms with Crippen LogP contribution >= 0.6 is 11.8 Å². The molecule has 3 rings (SSSR count). The lowest BCUT2D eigenvalue weighted by Crippen LogP contribution is -2.26. The summed E-state index contributed by atoms with van der Waals surface area (Å²) >= 11 is 1.50. The number of fused-ring (bicyclic) bond motifs is 1. The largest absolute Gasteiger partial charge is 0.349 e. The van der Waals surface area contributed by atoms with E-state index in [1.54, 1.807) is 12.1 Å². The van der Waals surface area contributed by atoms with Gasteiger partial charge in [0.2, 0.25) is 5.91 Å². The first kappa shape index (κ1) is 10.7. The summed E-state index contributed by atoms with van der Waals surface area (Å²) in [6.07, 6.45) is 2.15. The van der Waals surface area contributed by atoms with Crippen LogP contribution in [-0.4, -0.2) is 23.6 Å². The topological polar surface area (TPSA) is 58.2 Å². The molecule has 17 heavy (non-hydrogen) atoms. The molecule has 1 heterocycles. The Morgan fingerprint density at radius 1 is 1.41 bits per heavy atom. The summed E-state index contributed by atoms with van der Waals surface area (Å²) in [6.45, 7) is 0. The quantitative estimate of drug-likeness (QED) is 0.836. The zero-order valence-corrected chi connectivity index (χ0v) is 9.97. The van der Waals surface area contributed by atoms with E-state index in [-0.39, 0.29) is 11.8 Å². The summed E-state index contributed by atoms with van der Waals surface area (Å²) in [5.41, 5.74) is 1.35. The van der Waals surface area contributed by atoms with Crippen molar-refractivity contribution in [1.29, 1.82) is 0 Å². The fourth-order valence-electron chi connectivity index (χ4n) is 1.72. The van der Waals surface area contributed by atoms with Crippen molar-refractivity contribution in [3.63, 3.8) is 0 Å². The van der Waals surface area contributed by atoms with E-state index >= 15 is 0 Å². The smallest absolute Gasteiger partial charge is 0.251 e. The van der Waals surface area contributed by atoms with Gasteiger partial charge < -0.3 is 10.6 Å². The number of anilines is 1. The number of amides is 2. The van der Waals surface area contributed by atoms with Gasteiger partial charge in [0.25, 0.3) is 5.91 Å². The van der Waals surface area contributed by atoms with Gasteiger partial charge >= 0.3 is 0 Å². The van der Waals surface area contributed by atoms with Crippen molar-refractivity contribution in [2.24, 2.45) is 0 Å². The highest BCUT2D eigenvalue weighted by atomic mass is 32.2. The number of thioether (sulfide) groups is 1. The minimum atomic E-state index is -0.0554. The van der Waals surface area contributed by atoms with E-state index in [0.29, 0.717) is 17.4 Å². The third-order valence-electron chi connectivity index (χ3n) is 2.79. The fourth-order valence-corrected chi connectivity index (χ4v) is 2.51. The molecule has 5 heteroatoms. The van der Waals surface area contributed by atoms with Crippen molar-refractivity contribution < 1.29 is 9.59 Å². The average Bonchev–Trinajstić information content (AvgIpc) is 3.12. The first-order valence-corrected chi connectivity index (χ1v) is 6.58. The van der Waals surface area contributed by atoms with Crippen molar-refractivity contribution in [3.8, 4) is 0 Å². The van der Waals surface area contributed by atoms with Gasteiger partial charge in [0.15, 0.2) is 0 Å². The molecule has 2 amide bonds. The fraction of sp³-hybridized carbons (Fsp3) is 0.333. The molecule has 1 aliphatic heterocycles. The van der Waals surface area contributed by atoms with Crippen molar-refractivity contribution >= 4 is 29.3 Å². The number of rotatable bonds is 2. The third kappa shape index (κ3) is 2.29. The number of nitrogens with one attached hydrogen (secondary N) is 2. The summed E-state index contributed by atoms with van der Waals surface area (Å²) < 4.78 is 0. The van der Waals surface area contributed by atoms with Gasteiger partial charge in [-0.25, -0.2) is 0 Å². The van der Waals surface area contributed by atoms with Crippen LogP contribution in [-0.2, 0) is 4.79 Å². The van der Waals surface area contributed by atoms with Crippen LogP contribution in [0.5, 0.6) is 0 Å². The summed E-state index contributed by atoms with van der Waals surface area (Å²) in [5.74, 6) is 0.378. The Morgan fingerprint density at radius 3 is 3.00 bits per heavy atom. The molecule has 0 radical (unpaired) electrons. The maximum Gasteiger partial charge on any atom is 0.251 e. The molecule has 0 bridgehead atoms. The van der Waals surface area contributed by atoms with Crippen LogP contribution in [0.3, 0.4) is 0 Å². The van der Waals surface area contributed by atoms with Crippen LogP contribution in [0.4, 0.5) is 5.69 Å². The van der Waals surface area contributed by atoms with E-state index in [2.05, 4.69) is 10.6 Å². The maximum absolute atomic E-state index is 11.8. The summed E-state index contributed by atoms with van der Waals surface area (Å²) in [5, 5.41) is 5.71. The Kier molecular flexibility index (Phi) is 2.55. The van der Waals surface area contributed by atoms with Crippen molar-refractivity contribution in [3.05, 3.63) is 23.8 Å². The van der Waals surface area contributed by atoms with Crippen LogP contribution in [0.15, 0.2) is 23.1 Å². The van der Waals surface area contributed by atoms with Gasteiger partial charge in [-0.15, -0.1) is 11.8 Å². The predicted octanol–water partition coefficient (Wildman–Crippen LogP) is 1.62. The third-order valence-corrected chi connectivity index (χ3v) is 3.86. The lowest BCUT2D eigenvalue weighted by molar-refractivity contribution is -0.113. The molecule has 2 aliphatic rings. The van der Waals surface area contributed by atoms with E-state index < -0.39 is 0 Å². The number of hydrogen-bond acceptors (Lipinski definition) is 3. The normalized spacial score (nSPS) is 18.2. The predicted molar refractivity (Wildman–Crippen MR) is 66.3 cm³/mol. The molecule has 4 nitrogen and oxygen atoms in total. The molecular weight excluding hydrogens is 236 g/mol. The standard InChI is InChI=1S/C12H12N2O2S/c15-11-6-17-10-4-1-7(5-9(10)14-11)12(16)13-8-2-3-8/h1,4-5,8H,2-3,6H2,(H,13,16)(H,14,15). The molecule has 0 unspecified atom stereocenters. The first-order chi connectivity index (χ1) is 8.22. The Hall–Kier alpha value is -1.49. The highest BCUT2D eigenvalue weighted by Gasteiger charge is 2.24. The second-order valence-corrected chi connectivity index (χ2v) is 5.31. The molecule has 2 N–H and O–H groups in total. The molecule has 0 atom stereocenters. The van der Waals surface area contributed by atoms with E-state index in [1.165, 1.54) is 11.8 Å². The zero-order valence-electron chi connectivity index (χ0n) is 9.16. The van der Waals surface area contributed by atoms with Gasteiger partial charge in [0, 0.05) is 16.5 Å². The highest BCUT2D eigenvalue weighted by Crippen LogP contribution is 2.32. The molecule has 0 aromatic heterocycles. The molecular formula is C12H12N2O2S. The van der Waals surface area contributed by atoms with E-state index in [1.807, 2.05) is 6.07 Å². The second-order valence-electron chi connectivity index (χ2n) is 4.30. The Morgan fingerprint density at radius 2 is 2.24 bits per heavy atom. The van der Waals surface area contributed by atoms with E-state index in [0.717, 1.165) is 23.4 Å². The molecule has 0 saturated heterocycles.